The molecule has 1 atom stereocenters. The topological polar surface area (TPSA) is 87.1 Å². The highest BCUT2D eigenvalue weighted by molar-refractivity contribution is 7.70. The molecule has 0 aliphatic heterocycles. The molecule has 1 heterocycles. The van der Waals surface area contributed by atoms with E-state index in [1.54, 1.807) is 12.1 Å². The maximum absolute atomic E-state index is 11.9. The van der Waals surface area contributed by atoms with Crippen LogP contribution >= 0.6 is 7.28 Å². The molecule has 0 N–H and O–H groups in total. The minimum absolute atomic E-state index is 0.139. The van der Waals surface area contributed by atoms with Crippen LogP contribution in [-0.2, 0) is 0 Å². The lowest BCUT2D eigenvalue weighted by atomic mass is 10.2. The number of ether oxygens (including phenoxy) is 1. The SMILES string of the molecule is CCOc1ccc(N=P(Oc2ccccc2)(c2ccc(C)o2)C(C)(C)C)c([N+](=O)[O-])c1. The highest BCUT2D eigenvalue weighted by Crippen LogP contribution is 2.62. The molecular weight excluding hydrogens is 415 g/mol. The van der Waals surface area contributed by atoms with E-state index in [0.717, 1.165) is 5.76 Å². The molecule has 0 spiro atoms. The van der Waals surface area contributed by atoms with Crippen molar-refractivity contribution in [3.8, 4) is 11.5 Å². The molecule has 7 nitrogen and oxygen atoms in total. The van der Waals surface area contributed by atoms with Crippen molar-refractivity contribution in [2.75, 3.05) is 6.61 Å². The molecule has 0 amide bonds. The lowest BCUT2D eigenvalue weighted by Gasteiger charge is -2.35. The van der Waals surface area contributed by atoms with Gasteiger partial charge >= 0.3 is 0 Å². The van der Waals surface area contributed by atoms with Gasteiger partial charge in [-0.25, -0.2) is 4.74 Å². The first-order valence-corrected chi connectivity index (χ1v) is 11.7. The third kappa shape index (κ3) is 4.83. The van der Waals surface area contributed by atoms with E-state index in [-0.39, 0.29) is 11.4 Å². The third-order valence-electron chi connectivity index (χ3n) is 4.62. The number of nitrogens with zero attached hydrogens (tertiary/aromatic N) is 2. The van der Waals surface area contributed by atoms with Gasteiger partial charge in [0.05, 0.1) is 17.6 Å². The zero-order chi connectivity index (χ0) is 22.6. The van der Waals surface area contributed by atoms with Crippen LogP contribution in [0.3, 0.4) is 0 Å². The molecule has 0 fully saturated rings. The number of nitro benzene ring substituents is 1. The number of benzene rings is 2. The second kappa shape index (κ2) is 8.98. The molecule has 0 bridgehead atoms. The van der Waals surface area contributed by atoms with E-state index in [1.807, 2.05) is 77.1 Å². The highest BCUT2D eigenvalue weighted by atomic mass is 31.2. The van der Waals surface area contributed by atoms with Crippen LogP contribution in [-0.4, -0.2) is 16.7 Å². The zero-order valence-corrected chi connectivity index (χ0v) is 19.3. The van der Waals surface area contributed by atoms with Gasteiger partial charge in [-0.3, -0.25) is 10.1 Å². The minimum atomic E-state index is -2.94. The van der Waals surface area contributed by atoms with Crippen LogP contribution in [0.5, 0.6) is 11.5 Å². The number of hydrogen-bond acceptors (Lipinski definition) is 6. The first kappa shape index (κ1) is 22.6. The normalized spacial score (nSPS) is 13.3. The molecule has 164 valence electrons. The fourth-order valence-electron chi connectivity index (χ4n) is 3.09. The van der Waals surface area contributed by atoms with Gasteiger partial charge in [0, 0.05) is 5.16 Å². The average molecular weight is 442 g/mol. The van der Waals surface area contributed by atoms with Crippen molar-refractivity contribution >= 4 is 24.2 Å². The average Bonchev–Trinajstić information content (AvgIpc) is 3.15. The summed E-state index contributed by atoms with van der Waals surface area (Å²) >= 11 is 0. The van der Waals surface area contributed by atoms with Crippen molar-refractivity contribution in [2.24, 2.45) is 4.74 Å². The molecule has 0 radical (unpaired) electrons. The lowest BCUT2D eigenvalue weighted by molar-refractivity contribution is -0.384. The number of furan rings is 1. The van der Waals surface area contributed by atoms with Crippen molar-refractivity contribution in [2.45, 2.75) is 39.8 Å². The van der Waals surface area contributed by atoms with Gasteiger partial charge in [-0.05, 0) is 50.2 Å². The molecular formula is C23H27N2O5P. The van der Waals surface area contributed by atoms with Gasteiger partial charge < -0.3 is 13.7 Å². The van der Waals surface area contributed by atoms with Crippen molar-refractivity contribution < 1.29 is 18.6 Å². The zero-order valence-electron chi connectivity index (χ0n) is 18.4. The number of nitro groups is 1. The summed E-state index contributed by atoms with van der Waals surface area (Å²) in [7, 11) is -2.94. The third-order valence-corrected chi connectivity index (χ3v) is 8.25. The van der Waals surface area contributed by atoms with Gasteiger partial charge in [0.15, 0.2) is 5.50 Å². The summed E-state index contributed by atoms with van der Waals surface area (Å²) in [6.07, 6.45) is 0. The van der Waals surface area contributed by atoms with Gasteiger partial charge in [-0.15, -0.1) is 0 Å². The Hall–Kier alpha value is -3.05. The minimum Gasteiger partial charge on any atom is -0.494 e. The van der Waals surface area contributed by atoms with E-state index in [4.69, 9.17) is 18.4 Å². The molecule has 0 aliphatic rings. The van der Waals surface area contributed by atoms with E-state index in [0.29, 0.717) is 23.6 Å². The van der Waals surface area contributed by atoms with Crippen LogP contribution in [0.4, 0.5) is 11.4 Å². The largest absolute Gasteiger partial charge is 0.494 e. The Labute approximate surface area is 182 Å². The standard InChI is InChI=1S/C23H27N2O5P/c1-6-28-19-13-14-20(21(16-19)25(26)27)24-31(23(3,4)5,22-15-12-17(2)29-22)30-18-10-8-7-9-11-18/h7-16H,6H2,1-5H3. The Morgan fingerprint density at radius 2 is 1.77 bits per heavy atom. The Kier molecular flexibility index (Phi) is 6.56. The lowest BCUT2D eigenvalue weighted by Crippen LogP contribution is -2.26. The van der Waals surface area contributed by atoms with E-state index in [2.05, 4.69) is 0 Å². The molecule has 0 saturated heterocycles. The maximum atomic E-state index is 11.9. The molecule has 8 heteroatoms. The van der Waals surface area contributed by atoms with E-state index >= 15 is 0 Å². The second-order valence-corrected chi connectivity index (χ2v) is 11.3. The Morgan fingerprint density at radius 3 is 2.32 bits per heavy atom. The number of aryl methyl sites for hydroxylation is 1. The smallest absolute Gasteiger partial charge is 0.298 e. The Bertz CT molecular complexity index is 1120. The highest BCUT2D eigenvalue weighted by Gasteiger charge is 2.42. The summed E-state index contributed by atoms with van der Waals surface area (Å²) in [5, 5.41) is 11.3. The van der Waals surface area contributed by atoms with Gasteiger partial charge in [0.2, 0.25) is 7.28 Å². The number of hydrogen-bond donors (Lipinski definition) is 0. The quantitative estimate of drug-likeness (QED) is 0.227. The first-order valence-electron chi connectivity index (χ1n) is 10.0. The molecule has 0 aliphatic carbocycles. The summed E-state index contributed by atoms with van der Waals surface area (Å²) in [6, 6.07) is 17.7. The summed E-state index contributed by atoms with van der Waals surface area (Å²) in [6.45, 7) is 10.1. The molecule has 3 aromatic rings. The predicted molar refractivity (Wildman–Crippen MR) is 123 cm³/mol. The summed E-state index contributed by atoms with van der Waals surface area (Å²) < 4.78 is 23.0. The van der Waals surface area contributed by atoms with Crippen LogP contribution < -0.4 is 14.8 Å². The fourth-order valence-corrected chi connectivity index (χ4v) is 6.00. The summed E-state index contributed by atoms with van der Waals surface area (Å²) in [4.78, 5) is 11.4. The van der Waals surface area contributed by atoms with Crippen LogP contribution in [0.1, 0.15) is 33.5 Å². The monoisotopic (exact) mass is 442 g/mol. The van der Waals surface area contributed by atoms with Gasteiger partial charge in [-0.2, -0.15) is 0 Å². The van der Waals surface area contributed by atoms with E-state index < -0.39 is 17.4 Å². The molecule has 2 aromatic carbocycles. The molecule has 3 rings (SSSR count). The maximum Gasteiger partial charge on any atom is 0.298 e. The van der Waals surface area contributed by atoms with E-state index in [9.17, 15) is 10.1 Å². The van der Waals surface area contributed by atoms with Gasteiger partial charge in [0.25, 0.3) is 5.69 Å². The van der Waals surface area contributed by atoms with Gasteiger partial charge in [-0.1, -0.05) is 39.0 Å². The summed E-state index contributed by atoms with van der Waals surface area (Å²) in [5.74, 6) is 1.76. The number of rotatable bonds is 7. The van der Waals surface area contributed by atoms with Crippen molar-refractivity contribution in [3.05, 3.63) is 76.5 Å². The Morgan fingerprint density at radius 1 is 1.06 bits per heavy atom. The summed E-state index contributed by atoms with van der Waals surface area (Å²) in [5.41, 5.74) is 0.658. The van der Waals surface area contributed by atoms with Crippen LogP contribution in [0.15, 0.2) is 69.8 Å². The second-order valence-electron chi connectivity index (χ2n) is 7.98. The fraction of sp³-hybridized carbons (Fsp3) is 0.304. The van der Waals surface area contributed by atoms with Gasteiger partial charge in [0.1, 0.15) is 22.9 Å². The van der Waals surface area contributed by atoms with Crippen molar-refractivity contribution in [1.82, 2.24) is 0 Å². The van der Waals surface area contributed by atoms with Crippen molar-refractivity contribution in [1.29, 1.82) is 0 Å². The van der Waals surface area contributed by atoms with E-state index in [1.165, 1.54) is 6.07 Å². The molecule has 0 saturated carbocycles. The number of para-hydroxylation sites is 1. The predicted octanol–water partition coefficient (Wildman–Crippen LogP) is 6.85. The van der Waals surface area contributed by atoms with Crippen LogP contribution in [0, 0.1) is 17.0 Å². The van der Waals surface area contributed by atoms with Crippen LogP contribution in [0.25, 0.3) is 0 Å². The Balaban J connectivity index is 2.32. The first-order chi connectivity index (χ1) is 14.7. The molecule has 31 heavy (non-hydrogen) atoms. The van der Waals surface area contributed by atoms with Crippen LogP contribution in [0.2, 0.25) is 0 Å². The van der Waals surface area contributed by atoms with Crippen molar-refractivity contribution in [3.63, 3.8) is 0 Å². The molecule has 1 unspecified atom stereocenters. The molecule has 1 aromatic heterocycles.